The van der Waals surface area contributed by atoms with Gasteiger partial charge in [0.1, 0.15) is 11.3 Å². The molecule has 3 rings (SSSR count). The minimum absolute atomic E-state index is 0.0653. The van der Waals surface area contributed by atoms with E-state index in [1.54, 1.807) is 0 Å². The molecular formula is C17H13ClO2. The number of rotatable bonds is 1. The summed E-state index contributed by atoms with van der Waals surface area (Å²) in [7, 11) is 0. The Kier molecular flexibility index (Phi) is 3.11. The van der Waals surface area contributed by atoms with Gasteiger partial charge in [-0.3, -0.25) is 4.79 Å². The van der Waals surface area contributed by atoms with E-state index < -0.39 is 0 Å². The van der Waals surface area contributed by atoms with Crippen molar-refractivity contribution >= 4 is 22.6 Å². The molecule has 0 aliphatic rings. The van der Waals surface area contributed by atoms with Crippen LogP contribution in [0.15, 0.2) is 51.7 Å². The predicted molar refractivity (Wildman–Crippen MR) is 82.4 cm³/mol. The third-order valence-electron chi connectivity index (χ3n) is 3.43. The van der Waals surface area contributed by atoms with Crippen LogP contribution in [0, 0.1) is 13.8 Å². The van der Waals surface area contributed by atoms with E-state index >= 15 is 0 Å². The molecule has 3 aromatic rings. The predicted octanol–water partition coefficient (Wildman–Crippen LogP) is 4.73. The van der Waals surface area contributed by atoms with E-state index in [-0.39, 0.29) is 5.43 Å². The van der Waals surface area contributed by atoms with E-state index in [0.717, 1.165) is 16.7 Å². The van der Waals surface area contributed by atoms with Crippen LogP contribution in [0.5, 0.6) is 0 Å². The molecule has 0 fully saturated rings. The zero-order valence-electron chi connectivity index (χ0n) is 11.2. The van der Waals surface area contributed by atoms with Crippen LogP contribution in [0.25, 0.3) is 22.3 Å². The molecular weight excluding hydrogens is 272 g/mol. The molecule has 0 spiro atoms. The maximum atomic E-state index is 12.3. The molecule has 0 N–H and O–H groups in total. The summed E-state index contributed by atoms with van der Waals surface area (Å²) in [6.45, 7) is 3.75. The van der Waals surface area contributed by atoms with Crippen molar-refractivity contribution in [3.05, 3.63) is 68.8 Å². The molecule has 0 atom stereocenters. The zero-order valence-corrected chi connectivity index (χ0v) is 12.0. The van der Waals surface area contributed by atoms with Crippen LogP contribution in [-0.2, 0) is 0 Å². The quantitative estimate of drug-likeness (QED) is 0.646. The lowest BCUT2D eigenvalue weighted by atomic mass is 10.1. The van der Waals surface area contributed by atoms with Gasteiger partial charge in [0.25, 0.3) is 0 Å². The van der Waals surface area contributed by atoms with E-state index in [1.165, 1.54) is 6.07 Å². The van der Waals surface area contributed by atoms with Gasteiger partial charge in [-0.15, -0.1) is 0 Å². The summed E-state index contributed by atoms with van der Waals surface area (Å²) in [6, 6.07) is 12.9. The summed E-state index contributed by atoms with van der Waals surface area (Å²) in [5, 5.41) is 1.18. The maximum Gasteiger partial charge on any atom is 0.193 e. The molecule has 2 nitrogen and oxygen atoms in total. The molecule has 2 aromatic carbocycles. The Bertz CT molecular complexity index is 848. The topological polar surface area (TPSA) is 30.2 Å². The third kappa shape index (κ3) is 2.02. The highest BCUT2D eigenvalue weighted by Crippen LogP contribution is 2.29. The Balaban J connectivity index is 2.36. The minimum Gasteiger partial charge on any atom is -0.456 e. The van der Waals surface area contributed by atoms with Gasteiger partial charge in [0.15, 0.2) is 5.43 Å². The average Bonchev–Trinajstić information content (AvgIpc) is 2.45. The first kappa shape index (κ1) is 12.9. The van der Waals surface area contributed by atoms with Crippen molar-refractivity contribution in [2.24, 2.45) is 0 Å². The number of aryl methyl sites for hydroxylation is 2. The molecule has 1 heterocycles. The molecule has 0 radical (unpaired) electrons. The van der Waals surface area contributed by atoms with Gasteiger partial charge in [0.2, 0.25) is 0 Å². The summed E-state index contributed by atoms with van der Waals surface area (Å²) in [5.41, 5.74) is 3.08. The first-order chi connectivity index (χ1) is 9.58. The summed E-state index contributed by atoms with van der Waals surface area (Å²) < 4.78 is 5.89. The van der Waals surface area contributed by atoms with Gasteiger partial charge in [0.05, 0.1) is 5.39 Å². The maximum absolute atomic E-state index is 12.3. The van der Waals surface area contributed by atoms with Crippen LogP contribution in [0.3, 0.4) is 0 Å². The molecule has 0 saturated heterocycles. The van der Waals surface area contributed by atoms with Crippen LogP contribution in [0.2, 0.25) is 5.02 Å². The molecule has 0 aliphatic heterocycles. The van der Waals surface area contributed by atoms with Crippen molar-refractivity contribution in [1.29, 1.82) is 0 Å². The fourth-order valence-corrected chi connectivity index (χ4v) is 2.54. The first-order valence-corrected chi connectivity index (χ1v) is 6.74. The molecule has 0 bridgehead atoms. The Labute approximate surface area is 121 Å². The standard InChI is InChI=1S/C17H13ClO2/c1-10-8-15-16(11(2)17(10)18)13(19)9-14(20-15)12-6-4-3-5-7-12/h3-9H,1-2H3. The molecule has 0 saturated carbocycles. The van der Waals surface area contributed by atoms with Crippen LogP contribution < -0.4 is 5.43 Å². The fourth-order valence-electron chi connectivity index (χ4n) is 2.39. The largest absolute Gasteiger partial charge is 0.456 e. The number of hydrogen-bond acceptors (Lipinski definition) is 2. The van der Waals surface area contributed by atoms with Gasteiger partial charge in [0, 0.05) is 16.7 Å². The fraction of sp³-hybridized carbons (Fsp3) is 0.118. The Morgan fingerprint density at radius 1 is 1.05 bits per heavy atom. The lowest BCUT2D eigenvalue weighted by Gasteiger charge is -2.08. The van der Waals surface area contributed by atoms with Gasteiger partial charge in [-0.25, -0.2) is 0 Å². The molecule has 0 unspecified atom stereocenters. The highest BCUT2D eigenvalue weighted by molar-refractivity contribution is 6.33. The summed E-state index contributed by atoms with van der Waals surface area (Å²) >= 11 is 6.20. The summed E-state index contributed by atoms with van der Waals surface area (Å²) in [4.78, 5) is 12.3. The van der Waals surface area contributed by atoms with Crippen LogP contribution in [0.4, 0.5) is 0 Å². The lowest BCUT2D eigenvalue weighted by molar-refractivity contribution is 0.618. The van der Waals surface area contributed by atoms with Crippen LogP contribution in [0.1, 0.15) is 11.1 Å². The number of fused-ring (bicyclic) bond motifs is 1. The van der Waals surface area contributed by atoms with E-state index in [0.29, 0.717) is 21.8 Å². The minimum atomic E-state index is -0.0653. The summed E-state index contributed by atoms with van der Waals surface area (Å²) in [5.74, 6) is 0.573. The Morgan fingerprint density at radius 3 is 2.45 bits per heavy atom. The molecule has 0 amide bonds. The van der Waals surface area contributed by atoms with Crippen molar-refractivity contribution in [1.82, 2.24) is 0 Å². The second-order valence-electron chi connectivity index (χ2n) is 4.85. The van der Waals surface area contributed by atoms with Crippen molar-refractivity contribution in [2.75, 3.05) is 0 Å². The molecule has 3 heteroatoms. The Hall–Kier alpha value is -2.06. The highest BCUT2D eigenvalue weighted by Gasteiger charge is 2.12. The molecule has 0 aliphatic carbocycles. The monoisotopic (exact) mass is 284 g/mol. The van der Waals surface area contributed by atoms with Crippen molar-refractivity contribution < 1.29 is 4.42 Å². The summed E-state index contributed by atoms with van der Waals surface area (Å²) in [6.07, 6.45) is 0. The van der Waals surface area contributed by atoms with E-state index in [2.05, 4.69) is 0 Å². The third-order valence-corrected chi connectivity index (χ3v) is 4.01. The molecule has 20 heavy (non-hydrogen) atoms. The first-order valence-electron chi connectivity index (χ1n) is 6.37. The molecule has 1 aromatic heterocycles. The average molecular weight is 285 g/mol. The van der Waals surface area contributed by atoms with Gasteiger partial charge in [-0.05, 0) is 31.0 Å². The lowest BCUT2D eigenvalue weighted by Crippen LogP contribution is -2.03. The van der Waals surface area contributed by atoms with Crippen molar-refractivity contribution in [3.63, 3.8) is 0 Å². The second-order valence-corrected chi connectivity index (χ2v) is 5.22. The number of halogens is 1. The van der Waals surface area contributed by atoms with E-state index in [1.807, 2.05) is 50.2 Å². The molecule has 100 valence electrons. The van der Waals surface area contributed by atoms with E-state index in [9.17, 15) is 4.79 Å². The SMILES string of the molecule is Cc1cc2oc(-c3ccccc3)cc(=O)c2c(C)c1Cl. The highest BCUT2D eigenvalue weighted by atomic mass is 35.5. The normalized spacial score (nSPS) is 10.9. The van der Waals surface area contributed by atoms with Crippen LogP contribution in [-0.4, -0.2) is 0 Å². The van der Waals surface area contributed by atoms with Crippen LogP contribution >= 0.6 is 11.6 Å². The van der Waals surface area contributed by atoms with E-state index in [4.69, 9.17) is 16.0 Å². The smallest absolute Gasteiger partial charge is 0.193 e. The van der Waals surface area contributed by atoms with Crippen molar-refractivity contribution in [3.8, 4) is 11.3 Å². The number of hydrogen-bond donors (Lipinski definition) is 0. The van der Waals surface area contributed by atoms with Gasteiger partial charge < -0.3 is 4.42 Å². The zero-order chi connectivity index (χ0) is 14.3. The number of benzene rings is 2. The second kappa shape index (κ2) is 4.80. The Morgan fingerprint density at radius 2 is 1.75 bits per heavy atom. The van der Waals surface area contributed by atoms with Gasteiger partial charge in [-0.1, -0.05) is 41.9 Å². The van der Waals surface area contributed by atoms with Gasteiger partial charge in [-0.2, -0.15) is 0 Å². The van der Waals surface area contributed by atoms with Crippen molar-refractivity contribution in [2.45, 2.75) is 13.8 Å². The van der Waals surface area contributed by atoms with Gasteiger partial charge >= 0.3 is 0 Å².